The van der Waals surface area contributed by atoms with Crippen molar-refractivity contribution >= 4 is 12.1 Å². The molecule has 0 aromatic heterocycles. The molecule has 0 amide bonds. The van der Waals surface area contributed by atoms with Crippen molar-refractivity contribution in [2.75, 3.05) is 0 Å². The number of ketones is 1. The Balaban J connectivity index is 1.74. The van der Waals surface area contributed by atoms with Crippen molar-refractivity contribution in [3.05, 3.63) is 41.5 Å². The highest BCUT2D eigenvalue weighted by Gasteiger charge is 2.36. The van der Waals surface area contributed by atoms with E-state index in [2.05, 4.69) is 12.2 Å². The first-order valence-electron chi connectivity index (χ1n) is 6.67. The van der Waals surface area contributed by atoms with Gasteiger partial charge in [0.25, 0.3) is 0 Å². The number of rotatable bonds is 4. The standard InChI is InChI=1S/C16H16O3/c17-9-14-7-12(3-4-15(14)18)16(19)8-13-6-10-1-2-11(13)5-10/h1-4,7,9-11,13,18H,5-6,8H2. The van der Waals surface area contributed by atoms with E-state index >= 15 is 0 Å². The molecule has 1 aromatic carbocycles. The van der Waals surface area contributed by atoms with Crippen LogP contribution in [0.15, 0.2) is 30.4 Å². The van der Waals surface area contributed by atoms with E-state index < -0.39 is 0 Å². The highest BCUT2D eigenvalue weighted by Crippen LogP contribution is 2.45. The molecule has 0 heterocycles. The maximum Gasteiger partial charge on any atom is 0.163 e. The van der Waals surface area contributed by atoms with Gasteiger partial charge in [0, 0.05) is 12.0 Å². The third-order valence-corrected chi connectivity index (χ3v) is 4.34. The van der Waals surface area contributed by atoms with Crippen LogP contribution in [0.25, 0.3) is 0 Å². The number of Topliss-reactive ketones (excluding diaryl/α,β-unsaturated/α-hetero) is 1. The van der Waals surface area contributed by atoms with Crippen molar-refractivity contribution in [2.24, 2.45) is 17.8 Å². The van der Waals surface area contributed by atoms with Crippen molar-refractivity contribution in [1.29, 1.82) is 0 Å². The van der Waals surface area contributed by atoms with Gasteiger partial charge in [-0.1, -0.05) is 12.2 Å². The smallest absolute Gasteiger partial charge is 0.163 e. The molecular weight excluding hydrogens is 240 g/mol. The average molecular weight is 256 g/mol. The Kier molecular flexibility index (Phi) is 2.97. The number of fused-ring (bicyclic) bond motifs is 2. The summed E-state index contributed by atoms with van der Waals surface area (Å²) in [5.74, 6) is 1.64. The van der Waals surface area contributed by atoms with Gasteiger partial charge in [-0.15, -0.1) is 0 Å². The zero-order chi connectivity index (χ0) is 13.4. The second kappa shape index (κ2) is 4.65. The van der Waals surface area contributed by atoms with Crippen LogP contribution in [-0.4, -0.2) is 17.2 Å². The highest BCUT2D eigenvalue weighted by molar-refractivity contribution is 5.98. The number of benzene rings is 1. The maximum atomic E-state index is 12.2. The molecule has 3 atom stereocenters. The van der Waals surface area contributed by atoms with E-state index in [9.17, 15) is 14.7 Å². The third kappa shape index (κ3) is 2.21. The summed E-state index contributed by atoms with van der Waals surface area (Å²) in [7, 11) is 0. The minimum atomic E-state index is -0.0746. The lowest BCUT2D eigenvalue weighted by Gasteiger charge is -2.17. The number of aldehydes is 1. The summed E-state index contributed by atoms with van der Waals surface area (Å²) in [5, 5.41) is 9.44. The predicted molar refractivity (Wildman–Crippen MR) is 71.3 cm³/mol. The normalized spacial score (nSPS) is 27.7. The molecular formula is C16H16O3. The van der Waals surface area contributed by atoms with Crippen LogP contribution < -0.4 is 0 Å². The number of carbonyl (C=O) groups is 2. The van der Waals surface area contributed by atoms with Crippen LogP contribution in [0.2, 0.25) is 0 Å². The van der Waals surface area contributed by atoms with Gasteiger partial charge >= 0.3 is 0 Å². The summed E-state index contributed by atoms with van der Waals surface area (Å²) in [5.41, 5.74) is 0.699. The number of hydrogen-bond donors (Lipinski definition) is 1. The summed E-state index contributed by atoms with van der Waals surface area (Å²) in [6.45, 7) is 0. The molecule has 2 bridgehead atoms. The second-order valence-corrected chi connectivity index (χ2v) is 5.56. The molecule has 3 nitrogen and oxygen atoms in total. The lowest BCUT2D eigenvalue weighted by Crippen LogP contribution is -2.13. The fourth-order valence-electron chi connectivity index (χ4n) is 3.31. The molecule has 3 rings (SSSR count). The minimum absolute atomic E-state index is 0.0639. The number of hydrogen-bond acceptors (Lipinski definition) is 3. The fraction of sp³-hybridized carbons (Fsp3) is 0.375. The predicted octanol–water partition coefficient (Wildman–Crippen LogP) is 2.99. The Bertz CT molecular complexity index is 559. The van der Waals surface area contributed by atoms with Gasteiger partial charge in [0.05, 0.1) is 5.56 Å². The molecule has 1 N–H and O–H groups in total. The zero-order valence-electron chi connectivity index (χ0n) is 10.6. The molecule has 0 aliphatic heterocycles. The van der Waals surface area contributed by atoms with Crippen LogP contribution in [-0.2, 0) is 0 Å². The lowest BCUT2D eigenvalue weighted by atomic mass is 9.87. The van der Waals surface area contributed by atoms with Gasteiger partial charge in [-0.05, 0) is 48.8 Å². The molecule has 0 saturated heterocycles. The van der Waals surface area contributed by atoms with Crippen molar-refractivity contribution in [3.8, 4) is 5.75 Å². The summed E-state index contributed by atoms with van der Waals surface area (Å²) in [6, 6.07) is 4.49. The van der Waals surface area contributed by atoms with E-state index in [1.807, 2.05) is 0 Å². The highest BCUT2D eigenvalue weighted by atomic mass is 16.3. The summed E-state index contributed by atoms with van der Waals surface area (Å²) >= 11 is 0. The van der Waals surface area contributed by atoms with Gasteiger partial charge in [-0.2, -0.15) is 0 Å². The van der Waals surface area contributed by atoms with Crippen LogP contribution in [0.1, 0.15) is 40.0 Å². The molecule has 98 valence electrons. The summed E-state index contributed by atoms with van der Waals surface area (Å²) < 4.78 is 0. The van der Waals surface area contributed by atoms with Gasteiger partial charge in [-0.3, -0.25) is 9.59 Å². The van der Waals surface area contributed by atoms with E-state index in [0.717, 1.165) is 6.42 Å². The number of carbonyl (C=O) groups excluding carboxylic acids is 2. The van der Waals surface area contributed by atoms with Crippen LogP contribution >= 0.6 is 0 Å². The first-order chi connectivity index (χ1) is 9.17. The van der Waals surface area contributed by atoms with E-state index in [-0.39, 0.29) is 17.1 Å². The molecule has 1 fully saturated rings. The van der Waals surface area contributed by atoms with Crippen LogP contribution in [0, 0.1) is 17.8 Å². The van der Waals surface area contributed by atoms with Gasteiger partial charge in [-0.25, -0.2) is 0 Å². The van der Waals surface area contributed by atoms with Crippen LogP contribution in [0.5, 0.6) is 5.75 Å². The lowest BCUT2D eigenvalue weighted by molar-refractivity contribution is 0.0954. The van der Waals surface area contributed by atoms with Gasteiger partial charge in [0.2, 0.25) is 0 Å². The third-order valence-electron chi connectivity index (χ3n) is 4.34. The van der Waals surface area contributed by atoms with Gasteiger partial charge < -0.3 is 5.11 Å². The minimum Gasteiger partial charge on any atom is -0.507 e. The quantitative estimate of drug-likeness (QED) is 0.512. The average Bonchev–Trinajstić information content (AvgIpc) is 3.01. The second-order valence-electron chi connectivity index (χ2n) is 5.56. The Morgan fingerprint density at radius 2 is 2.16 bits per heavy atom. The van der Waals surface area contributed by atoms with Crippen LogP contribution in [0.4, 0.5) is 0 Å². The van der Waals surface area contributed by atoms with Crippen LogP contribution in [0.3, 0.4) is 0 Å². The Morgan fingerprint density at radius 3 is 2.79 bits per heavy atom. The van der Waals surface area contributed by atoms with E-state index in [1.165, 1.54) is 18.6 Å². The largest absolute Gasteiger partial charge is 0.507 e. The zero-order valence-corrected chi connectivity index (χ0v) is 10.6. The fourth-order valence-corrected chi connectivity index (χ4v) is 3.31. The molecule has 3 unspecified atom stereocenters. The number of phenols is 1. The molecule has 19 heavy (non-hydrogen) atoms. The number of aromatic hydroxyl groups is 1. The van der Waals surface area contributed by atoms with Gasteiger partial charge in [0.1, 0.15) is 5.75 Å². The maximum absolute atomic E-state index is 12.2. The molecule has 0 radical (unpaired) electrons. The van der Waals surface area contributed by atoms with Gasteiger partial charge in [0.15, 0.2) is 12.1 Å². The van der Waals surface area contributed by atoms with E-state index in [0.29, 0.717) is 36.0 Å². The van der Waals surface area contributed by atoms with Crippen molar-refractivity contribution < 1.29 is 14.7 Å². The van der Waals surface area contributed by atoms with Crippen molar-refractivity contribution in [1.82, 2.24) is 0 Å². The number of phenolic OH excluding ortho intramolecular Hbond substituents is 1. The molecule has 0 spiro atoms. The topological polar surface area (TPSA) is 54.4 Å². The first kappa shape index (κ1) is 12.2. The number of allylic oxidation sites excluding steroid dienone is 2. The van der Waals surface area contributed by atoms with Crippen molar-refractivity contribution in [3.63, 3.8) is 0 Å². The molecule has 3 heteroatoms. The SMILES string of the molecule is O=Cc1cc(C(=O)CC2CC3C=CC2C3)ccc1O. The summed E-state index contributed by atoms with van der Waals surface area (Å²) in [4.78, 5) is 23.0. The first-order valence-corrected chi connectivity index (χ1v) is 6.67. The van der Waals surface area contributed by atoms with Crippen molar-refractivity contribution in [2.45, 2.75) is 19.3 Å². The van der Waals surface area contributed by atoms with E-state index in [4.69, 9.17) is 0 Å². The molecule has 2 aliphatic rings. The summed E-state index contributed by atoms with van der Waals surface area (Å²) in [6.07, 6.45) is 7.90. The van der Waals surface area contributed by atoms with E-state index in [1.54, 1.807) is 6.07 Å². The Labute approximate surface area is 111 Å². The molecule has 1 saturated carbocycles. The molecule has 2 aliphatic carbocycles. The molecule has 1 aromatic rings. The Hall–Kier alpha value is -1.90. The Morgan fingerprint density at radius 1 is 1.32 bits per heavy atom. The monoisotopic (exact) mass is 256 g/mol.